The third-order valence-corrected chi connectivity index (χ3v) is 4.94. The maximum atomic E-state index is 12.3. The maximum absolute atomic E-state index is 12.3. The van der Waals surface area contributed by atoms with Gasteiger partial charge in [0.05, 0.1) is 5.41 Å². The van der Waals surface area contributed by atoms with Gasteiger partial charge in [0, 0.05) is 12.6 Å². The van der Waals surface area contributed by atoms with Gasteiger partial charge < -0.3 is 10.6 Å². The van der Waals surface area contributed by atoms with E-state index in [1.807, 2.05) is 0 Å². The number of hydrogen-bond donors (Lipinski definition) is 2. The second kappa shape index (κ2) is 6.25. The Morgan fingerprint density at radius 2 is 2.06 bits per heavy atom. The molecular formula is C14H27ClN2O. The van der Waals surface area contributed by atoms with Crippen molar-refractivity contribution in [2.24, 2.45) is 17.3 Å². The number of amides is 1. The highest BCUT2D eigenvalue weighted by atomic mass is 35.5. The van der Waals surface area contributed by atoms with Crippen LogP contribution in [-0.2, 0) is 4.79 Å². The molecular weight excluding hydrogens is 248 g/mol. The number of halogens is 1. The summed E-state index contributed by atoms with van der Waals surface area (Å²) in [7, 11) is 0. The molecule has 1 saturated heterocycles. The third-order valence-electron chi connectivity index (χ3n) is 4.94. The fraction of sp³-hybridized carbons (Fsp3) is 0.929. The van der Waals surface area contributed by atoms with Crippen molar-refractivity contribution in [2.45, 2.75) is 52.5 Å². The van der Waals surface area contributed by atoms with Crippen molar-refractivity contribution in [2.75, 3.05) is 13.1 Å². The van der Waals surface area contributed by atoms with Crippen molar-refractivity contribution < 1.29 is 4.79 Å². The molecule has 1 heterocycles. The van der Waals surface area contributed by atoms with Crippen LogP contribution in [0.25, 0.3) is 0 Å². The Labute approximate surface area is 117 Å². The number of carbonyl (C=O) groups is 1. The van der Waals surface area contributed by atoms with Crippen LogP contribution in [-0.4, -0.2) is 25.0 Å². The molecule has 4 heteroatoms. The number of hydrogen-bond acceptors (Lipinski definition) is 2. The largest absolute Gasteiger partial charge is 0.353 e. The van der Waals surface area contributed by atoms with Crippen LogP contribution < -0.4 is 10.6 Å². The molecule has 2 fully saturated rings. The molecule has 2 rings (SSSR count). The molecule has 106 valence electrons. The molecule has 0 bridgehead atoms. The van der Waals surface area contributed by atoms with E-state index >= 15 is 0 Å². The highest BCUT2D eigenvalue weighted by molar-refractivity contribution is 5.85. The zero-order valence-corrected chi connectivity index (χ0v) is 12.6. The van der Waals surface area contributed by atoms with Gasteiger partial charge in [0.1, 0.15) is 0 Å². The average molecular weight is 275 g/mol. The van der Waals surface area contributed by atoms with E-state index in [2.05, 4.69) is 31.4 Å². The van der Waals surface area contributed by atoms with Crippen molar-refractivity contribution >= 4 is 18.3 Å². The van der Waals surface area contributed by atoms with Crippen LogP contribution in [0.2, 0.25) is 0 Å². The molecule has 1 aliphatic carbocycles. The van der Waals surface area contributed by atoms with E-state index < -0.39 is 0 Å². The van der Waals surface area contributed by atoms with Crippen molar-refractivity contribution in [3.05, 3.63) is 0 Å². The minimum Gasteiger partial charge on any atom is -0.353 e. The average Bonchev–Trinajstić information content (AvgIpc) is 2.73. The SMILES string of the molecule is CC1CCCC(NC(=O)C2(C)CCNC2)C1C.Cl. The first kappa shape index (κ1) is 15.8. The van der Waals surface area contributed by atoms with Crippen LogP contribution >= 0.6 is 12.4 Å². The number of rotatable bonds is 2. The zero-order chi connectivity index (χ0) is 12.5. The number of nitrogens with one attached hydrogen (secondary N) is 2. The molecule has 2 aliphatic rings. The summed E-state index contributed by atoms with van der Waals surface area (Å²) in [6.45, 7) is 8.47. The van der Waals surface area contributed by atoms with Gasteiger partial charge in [0.2, 0.25) is 5.91 Å². The summed E-state index contributed by atoms with van der Waals surface area (Å²) in [5.41, 5.74) is -0.180. The van der Waals surface area contributed by atoms with Crippen molar-refractivity contribution in [3.63, 3.8) is 0 Å². The summed E-state index contributed by atoms with van der Waals surface area (Å²) in [6, 6.07) is 0.392. The Kier molecular flexibility index (Phi) is 5.47. The minimum absolute atomic E-state index is 0. The lowest BCUT2D eigenvalue weighted by Crippen LogP contribution is -2.49. The first-order valence-electron chi connectivity index (χ1n) is 7.04. The molecule has 1 aliphatic heterocycles. The Bertz CT molecular complexity index is 290. The van der Waals surface area contributed by atoms with Gasteiger partial charge in [-0.15, -0.1) is 12.4 Å². The van der Waals surface area contributed by atoms with Gasteiger partial charge in [0.15, 0.2) is 0 Å². The van der Waals surface area contributed by atoms with Gasteiger partial charge in [-0.3, -0.25) is 4.79 Å². The lowest BCUT2D eigenvalue weighted by molar-refractivity contribution is -0.130. The fourth-order valence-corrected chi connectivity index (χ4v) is 3.14. The van der Waals surface area contributed by atoms with Gasteiger partial charge in [-0.25, -0.2) is 0 Å². The molecule has 0 aromatic heterocycles. The van der Waals surface area contributed by atoms with E-state index in [-0.39, 0.29) is 23.7 Å². The molecule has 0 aromatic carbocycles. The lowest BCUT2D eigenvalue weighted by atomic mass is 9.77. The van der Waals surface area contributed by atoms with Crippen LogP contribution in [0.4, 0.5) is 0 Å². The third kappa shape index (κ3) is 3.18. The lowest BCUT2D eigenvalue weighted by Gasteiger charge is -2.36. The minimum atomic E-state index is -0.180. The molecule has 2 N–H and O–H groups in total. The summed E-state index contributed by atoms with van der Waals surface area (Å²) in [4.78, 5) is 12.3. The topological polar surface area (TPSA) is 41.1 Å². The van der Waals surface area contributed by atoms with E-state index in [1.165, 1.54) is 12.8 Å². The molecule has 1 saturated carbocycles. The first-order valence-corrected chi connectivity index (χ1v) is 7.04. The summed E-state index contributed by atoms with van der Waals surface area (Å²) in [6.07, 6.45) is 4.69. The zero-order valence-electron chi connectivity index (χ0n) is 11.8. The molecule has 3 nitrogen and oxygen atoms in total. The van der Waals surface area contributed by atoms with Gasteiger partial charge in [-0.1, -0.05) is 26.7 Å². The van der Waals surface area contributed by atoms with Crippen LogP contribution in [0.15, 0.2) is 0 Å². The molecule has 0 aromatic rings. The predicted molar refractivity (Wildman–Crippen MR) is 77.0 cm³/mol. The quantitative estimate of drug-likeness (QED) is 0.812. The van der Waals surface area contributed by atoms with E-state index in [4.69, 9.17) is 0 Å². The number of carbonyl (C=O) groups excluding carboxylic acids is 1. The Morgan fingerprint density at radius 3 is 2.67 bits per heavy atom. The standard InChI is InChI=1S/C14H26N2O.ClH/c1-10-5-4-6-12(11(10)2)16-13(17)14(3)7-8-15-9-14;/h10-12,15H,4-9H2,1-3H3,(H,16,17);1H. The summed E-state index contributed by atoms with van der Waals surface area (Å²) in [5, 5.41) is 6.59. The molecule has 18 heavy (non-hydrogen) atoms. The van der Waals surface area contributed by atoms with Crippen LogP contribution in [0.3, 0.4) is 0 Å². The second-order valence-corrected chi connectivity index (χ2v) is 6.33. The fourth-order valence-electron chi connectivity index (χ4n) is 3.14. The first-order chi connectivity index (χ1) is 8.03. The maximum Gasteiger partial charge on any atom is 0.227 e. The van der Waals surface area contributed by atoms with E-state index in [0.29, 0.717) is 12.0 Å². The van der Waals surface area contributed by atoms with E-state index in [0.717, 1.165) is 31.8 Å². The van der Waals surface area contributed by atoms with E-state index in [1.54, 1.807) is 0 Å². The highest BCUT2D eigenvalue weighted by Crippen LogP contribution is 2.31. The normalized spacial score (nSPS) is 40.1. The summed E-state index contributed by atoms with van der Waals surface area (Å²) < 4.78 is 0. The monoisotopic (exact) mass is 274 g/mol. The molecule has 1 amide bonds. The van der Waals surface area contributed by atoms with Gasteiger partial charge in [-0.2, -0.15) is 0 Å². The Morgan fingerprint density at radius 1 is 1.33 bits per heavy atom. The summed E-state index contributed by atoms with van der Waals surface area (Å²) >= 11 is 0. The van der Waals surface area contributed by atoms with Crippen LogP contribution in [0, 0.1) is 17.3 Å². The Balaban J connectivity index is 0.00000162. The summed E-state index contributed by atoms with van der Waals surface area (Å²) in [5.74, 6) is 1.61. The van der Waals surface area contributed by atoms with Gasteiger partial charge in [-0.05, 0) is 38.1 Å². The molecule has 0 radical (unpaired) electrons. The van der Waals surface area contributed by atoms with Gasteiger partial charge in [0.25, 0.3) is 0 Å². The van der Waals surface area contributed by atoms with E-state index in [9.17, 15) is 4.79 Å². The smallest absolute Gasteiger partial charge is 0.227 e. The van der Waals surface area contributed by atoms with Crippen LogP contribution in [0.5, 0.6) is 0 Å². The van der Waals surface area contributed by atoms with Crippen molar-refractivity contribution in [1.29, 1.82) is 0 Å². The molecule has 4 unspecified atom stereocenters. The predicted octanol–water partition coefficient (Wildman–Crippen LogP) is 2.35. The van der Waals surface area contributed by atoms with Crippen molar-refractivity contribution in [1.82, 2.24) is 10.6 Å². The highest BCUT2D eigenvalue weighted by Gasteiger charge is 2.38. The molecule has 4 atom stereocenters. The van der Waals surface area contributed by atoms with Crippen LogP contribution in [0.1, 0.15) is 46.5 Å². The second-order valence-electron chi connectivity index (χ2n) is 6.33. The van der Waals surface area contributed by atoms with Gasteiger partial charge >= 0.3 is 0 Å². The van der Waals surface area contributed by atoms with Crippen molar-refractivity contribution in [3.8, 4) is 0 Å². The Hall–Kier alpha value is -0.280. The molecule has 0 spiro atoms.